The van der Waals surface area contributed by atoms with Crippen molar-refractivity contribution in [2.75, 3.05) is 26.2 Å². The van der Waals surface area contributed by atoms with E-state index in [1.165, 1.54) is 0 Å². The van der Waals surface area contributed by atoms with Gasteiger partial charge in [0.2, 0.25) is 5.91 Å². The predicted octanol–water partition coefficient (Wildman–Crippen LogP) is 1.64. The van der Waals surface area contributed by atoms with Gasteiger partial charge in [-0.15, -0.1) is 0 Å². The minimum atomic E-state index is -0.961. The highest BCUT2D eigenvalue weighted by Gasteiger charge is 2.54. The molecule has 0 aromatic heterocycles. The summed E-state index contributed by atoms with van der Waals surface area (Å²) in [5.74, 6) is -2.46. The van der Waals surface area contributed by atoms with Gasteiger partial charge in [0.25, 0.3) is 0 Å². The van der Waals surface area contributed by atoms with Crippen LogP contribution in [0, 0.1) is 11.8 Å². The average molecular weight is 377 g/mol. The molecule has 0 unspecified atom stereocenters. The van der Waals surface area contributed by atoms with Crippen LogP contribution < -0.4 is 0 Å². The van der Waals surface area contributed by atoms with Crippen LogP contribution >= 0.6 is 11.6 Å². The van der Waals surface area contributed by atoms with E-state index in [4.69, 9.17) is 16.3 Å². The van der Waals surface area contributed by atoms with Gasteiger partial charge in [-0.3, -0.25) is 14.5 Å². The van der Waals surface area contributed by atoms with Crippen LogP contribution in [0.2, 0.25) is 5.02 Å². The van der Waals surface area contributed by atoms with Gasteiger partial charge in [0, 0.05) is 37.7 Å². The van der Waals surface area contributed by atoms with Crippen LogP contribution in [-0.4, -0.2) is 65.2 Å². The Hall–Kier alpha value is -1.89. The van der Waals surface area contributed by atoms with Gasteiger partial charge in [0.15, 0.2) is 0 Å². The van der Waals surface area contributed by atoms with Crippen LogP contribution in [0.1, 0.15) is 5.56 Å². The van der Waals surface area contributed by atoms with Crippen LogP contribution in [0.15, 0.2) is 36.4 Å². The molecular weight excluding hydrogens is 356 g/mol. The zero-order valence-corrected chi connectivity index (χ0v) is 15.0. The van der Waals surface area contributed by atoms with E-state index in [1.54, 1.807) is 11.0 Å². The Morgan fingerprint density at radius 1 is 1.08 bits per heavy atom. The molecule has 26 heavy (non-hydrogen) atoms. The lowest BCUT2D eigenvalue weighted by molar-refractivity contribution is -0.150. The summed E-state index contributed by atoms with van der Waals surface area (Å²) >= 11 is 6.22. The molecule has 1 amide bonds. The van der Waals surface area contributed by atoms with Crippen molar-refractivity contribution in [1.29, 1.82) is 0 Å². The summed E-state index contributed by atoms with van der Waals surface area (Å²) in [7, 11) is 0. The molecular formula is C19H21ClN2O4. The normalized spacial score (nSPS) is 30.7. The Morgan fingerprint density at radius 3 is 2.38 bits per heavy atom. The monoisotopic (exact) mass is 376 g/mol. The fourth-order valence-electron chi connectivity index (χ4n) is 4.10. The van der Waals surface area contributed by atoms with E-state index in [0.717, 1.165) is 30.2 Å². The Kier molecular flexibility index (Phi) is 4.73. The molecule has 4 rings (SSSR count). The van der Waals surface area contributed by atoms with Crippen LogP contribution in [0.5, 0.6) is 0 Å². The zero-order chi connectivity index (χ0) is 18.3. The molecule has 0 radical (unpaired) electrons. The van der Waals surface area contributed by atoms with E-state index < -0.39 is 30.0 Å². The van der Waals surface area contributed by atoms with Gasteiger partial charge in [-0.05, 0) is 11.6 Å². The molecule has 2 bridgehead atoms. The van der Waals surface area contributed by atoms with Crippen molar-refractivity contribution in [2.24, 2.45) is 11.8 Å². The zero-order valence-electron chi connectivity index (χ0n) is 14.3. The van der Waals surface area contributed by atoms with Crippen molar-refractivity contribution >= 4 is 23.5 Å². The third-order valence-corrected chi connectivity index (χ3v) is 5.87. The van der Waals surface area contributed by atoms with Gasteiger partial charge in [-0.25, -0.2) is 0 Å². The van der Waals surface area contributed by atoms with E-state index >= 15 is 0 Å². The molecule has 1 N–H and O–H groups in total. The largest absolute Gasteiger partial charge is 0.481 e. The minimum Gasteiger partial charge on any atom is -0.481 e. The summed E-state index contributed by atoms with van der Waals surface area (Å²) in [6.07, 6.45) is 2.69. The number of hydrogen-bond donors (Lipinski definition) is 1. The Labute approximate surface area is 157 Å². The third-order valence-electron chi connectivity index (χ3n) is 5.51. The summed E-state index contributed by atoms with van der Waals surface area (Å²) in [5, 5.41) is 10.2. The fourth-order valence-corrected chi connectivity index (χ4v) is 4.30. The highest BCUT2D eigenvalue weighted by Crippen LogP contribution is 2.40. The number of halogens is 1. The summed E-state index contributed by atoms with van der Waals surface area (Å²) in [6, 6.07) is 7.77. The second-order valence-corrected chi connectivity index (χ2v) is 7.44. The minimum absolute atomic E-state index is 0.105. The second-order valence-electron chi connectivity index (χ2n) is 7.03. The molecule has 2 fully saturated rings. The quantitative estimate of drug-likeness (QED) is 0.809. The van der Waals surface area contributed by atoms with Crippen molar-refractivity contribution in [3.63, 3.8) is 0 Å². The number of benzene rings is 1. The van der Waals surface area contributed by atoms with E-state index in [9.17, 15) is 14.7 Å². The van der Waals surface area contributed by atoms with Crippen molar-refractivity contribution < 1.29 is 19.4 Å². The van der Waals surface area contributed by atoms with Crippen LogP contribution in [0.4, 0.5) is 0 Å². The molecule has 6 nitrogen and oxygen atoms in total. The number of carboxylic acid groups (broad SMARTS) is 1. The SMILES string of the molecule is O=C(O)[C@@H]1[C@@H](C(=O)N2CCN(Cc3ccccc3Cl)CC2)[C@@H]2C=C[C@@H]1O2. The first-order chi connectivity index (χ1) is 12.5. The smallest absolute Gasteiger partial charge is 0.310 e. The molecule has 1 aromatic carbocycles. The maximum atomic E-state index is 12.9. The molecule has 4 atom stereocenters. The predicted molar refractivity (Wildman–Crippen MR) is 95.7 cm³/mol. The van der Waals surface area contributed by atoms with Gasteiger partial charge >= 0.3 is 5.97 Å². The first-order valence-corrected chi connectivity index (χ1v) is 9.23. The highest BCUT2D eigenvalue weighted by molar-refractivity contribution is 6.31. The molecule has 1 aromatic rings. The van der Waals surface area contributed by atoms with Gasteiger partial charge in [0.05, 0.1) is 18.1 Å². The van der Waals surface area contributed by atoms with E-state index in [0.29, 0.717) is 13.1 Å². The first-order valence-electron chi connectivity index (χ1n) is 8.86. The summed E-state index contributed by atoms with van der Waals surface area (Å²) < 4.78 is 5.62. The molecule has 0 spiro atoms. The lowest BCUT2D eigenvalue weighted by Crippen LogP contribution is -2.52. The Balaban J connectivity index is 1.37. The number of amides is 1. The van der Waals surface area contributed by atoms with Crippen molar-refractivity contribution in [1.82, 2.24) is 9.80 Å². The number of aliphatic carboxylic acids is 1. The van der Waals surface area contributed by atoms with Crippen LogP contribution in [-0.2, 0) is 20.9 Å². The number of carbonyl (C=O) groups excluding carboxylic acids is 1. The number of carboxylic acids is 1. The van der Waals surface area contributed by atoms with Gasteiger partial charge in [0.1, 0.15) is 5.92 Å². The molecule has 3 aliphatic heterocycles. The standard InChI is InChI=1S/C19H21ClN2O4/c20-13-4-2-1-3-12(13)11-21-7-9-22(10-8-21)18(23)16-14-5-6-15(26-14)17(16)19(24)25/h1-6,14-17H,7-11H2,(H,24,25)/t14-,15-,16-,17-/m0/s1. The lowest BCUT2D eigenvalue weighted by Gasteiger charge is -2.37. The number of rotatable bonds is 4. The van der Waals surface area contributed by atoms with E-state index in [2.05, 4.69) is 4.90 Å². The fraction of sp³-hybridized carbons (Fsp3) is 0.474. The number of ether oxygens (including phenoxy) is 1. The Bertz CT molecular complexity index is 745. The third kappa shape index (κ3) is 3.13. The topological polar surface area (TPSA) is 70.1 Å². The first kappa shape index (κ1) is 17.5. The molecule has 138 valence electrons. The Morgan fingerprint density at radius 2 is 1.73 bits per heavy atom. The number of hydrogen-bond acceptors (Lipinski definition) is 4. The number of nitrogens with zero attached hydrogens (tertiary/aromatic N) is 2. The molecule has 3 heterocycles. The van der Waals surface area contributed by atoms with Crippen molar-refractivity contribution in [3.05, 3.63) is 47.0 Å². The molecule has 0 aliphatic carbocycles. The van der Waals surface area contributed by atoms with Gasteiger partial charge in [-0.2, -0.15) is 0 Å². The lowest BCUT2D eigenvalue weighted by atomic mass is 9.82. The average Bonchev–Trinajstić information content (AvgIpc) is 3.25. The van der Waals surface area contributed by atoms with E-state index in [1.807, 2.05) is 30.3 Å². The van der Waals surface area contributed by atoms with Crippen LogP contribution in [0.3, 0.4) is 0 Å². The molecule has 3 aliphatic rings. The summed E-state index contributed by atoms with van der Waals surface area (Å²) in [5.41, 5.74) is 1.08. The van der Waals surface area contributed by atoms with Gasteiger partial charge in [-0.1, -0.05) is 42.0 Å². The number of fused-ring (bicyclic) bond motifs is 2. The molecule has 7 heteroatoms. The maximum absolute atomic E-state index is 12.9. The molecule has 0 saturated carbocycles. The van der Waals surface area contributed by atoms with Crippen LogP contribution in [0.25, 0.3) is 0 Å². The number of piperazine rings is 1. The van der Waals surface area contributed by atoms with Crippen molar-refractivity contribution in [3.8, 4) is 0 Å². The van der Waals surface area contributed by atoms with E-state index in [-0.39, 0.29) is 5.91 Å². The summed E-state index contributed by atoms with van der Waals surface area (Å²) in [4.78, 5) is 28.5. The second kappa shape index (κ2) is 7.02. The van der Waals surface area contributed by atoms with Crippen molar-refractivity contribution in [2.45, 2.75) is 18.8 Å². The highest BCUT2D eigenvalue weighted by atomic mass is 35.5. The maximum Gasteiger partial charge on any atom is 0.310 e. The summed E-state index contributed by atoms with van der Waals surface area (Å²) in [6.45, 7) is 3.41. The van der Waals surface area contributed by atoms with Gasteiger partial charge < -0.3 is 14.7 Å². The molecule has 2 saturated heterocycles. The number of carbonyl (C=O) groups is 2.